The van der Waals surface area contributed by atoms with Gasteiger partial charge in [-0.2, -0.15) is 0 Å². The highest BCUT2D eigenvalue weighted by Gasteiger charge is 2.19. The smallest absolute Gasteiger partial charge is 0.270 e. The van der Waals surface area contributed by atoms with Gasteiger partial charge in [0.2, 0.25) is 0 Å². The van der Waals surface area contributed by atoms with Crippen LogP contribution in [0.25, 0.3) is 0 Å². The predicted molar refractivity (Wildman–Crippen MR) is 90.0 cm³/mol. The van der Waals surface area contributed by atoms with Crippen molar-refractivity contribution in [3.8, 4) is 0 Å². The third kappa shape index (κ3) is 4.60. The average molecular weight is 314 g/mol. The Labute approximate surface area is 137 Å². The largest absolute Gasteiger partial charge is 0.386 e. The molecule has 23 heavy (non-hydrogen) atoms. The summed E-state index contributed by atoms with van der Waals surface area (Å²) in [5, 5.41) is 6.54. The Morgan fingerprint density at radius 2 is 2.09 bits per heavy atom. The van der Waals surface area contributed by atoms with Crippen molar-refractivity contribution in [3.05, 3.63) is 59.7 Å². The van der Waals surface area contributed by atoms with Crippen LogP contribution in [-0.4, -0.2) is 22.1 Å². The highest BCUT2D eigenvalue weighted by Crippen LogP contribution is 2.22. The molecule has 1 aromatic carbocycles. The minimum Gasteiger partial charge on any atom is -0.386 e. The molecule has 0 saturated carbocycles. The number of hydrogen-bond donors (Lipinski definition) is 1. The number of oxime groups is 1. The molecule has 1 atom stereocenters. The van der Waals surface area contributed by atoms with Gasteiger partial charge in [0, 0.05) is 20.6 Å². The first kappa shape index (κ1) is 16.6. The highest BCUT2D eigenvalue weighted by atomic mass is 16.6. The van der Waals surface area contributed by atoms with E-state index in [0.29, 0.717) is 24.4 Å². The Kier molecular flexibility index (Phi) is 6.23. The van der Waals surface area contributed by atoms with E-state index in [0.717, 1.165) is 5.56 Å². The Morgan fingerprint density at radius 3 is 2.78 bits per heavy atom. The van der Waals surface area contributed by atoms with Crippen LogP contribution in [0.1, 0.15) is 49.5 Å². The van der Waals surface area contributed by atoms with Crippen LogP contribution in [0.5, 0.6) is 0 Å². The Balaban J connectivity index is 0.000000925. The summed E-state index contributed by atoms with van der Waals surface area (Å²) in [6.07, 6.45) is 3.48. The van der Waals surface area contributed by atoms with Gasteiger partial charge in [-0.3, -0.25) is 4.79 Å². The van der Waals surface area contributed by atoms with Crippen LogP contribution >= 0.6 is 0 Å². The summed E-state index contributed by atoms with van der Waals surface area (Å²) in [6, 6.07) is 11.3. The molecular formula is C17H22N4O2. The van der Waals surface area contributed by atoms with Gasteiger partial charge in [0.25, 0.3) is 5.91 Å². The fraction of sp³-hybridized carbons (Fsp3) is 0.294. The van der Waals surface area contributed by atoms with E-state index in [4.69, 9.17) is 4.84 Å². The van der Waals surface area contributed by atoms with Crippen molar-refractivity contribution in [3.63, 3.8) is 0 Å². The molecule has 1 aliphatic heterocycles. The van der Waals surface area contributed by atoms with Gasteiger partial charge in [-0.15, -0.1) is 0 Å². The number of nitrogens with one attached hydrogen (secondary N) is 1. The average Bonchev–Trinajstić information content (AvgIpc) is 3.17. The molecule has 1 unspecified atom stereocenters. The van der Waals surface area contributed by atoms with Crippen LogP contribution in [-0.2, 0) is 11.4 Å². The predicted octanol–water partition coefficient (Wildman–Crippen LogP) is 3.13. The normalized spacial score (nSPS) is 15.3. The monoisotopic (exact) mass is 314 g/mol. The van der Waals surface area contributed by atoms with Crippen LogP contribution in [0.4, 0.5) is 0 Å². The topological polar surface area (TPSA) is 76.5 Å². The zero-order valence-electron chi connectivity index (χ0n) is 13.3. The molecule has 6 heteroatoms. The lowest BCUT2D eigenvalue weighted by molar-refractivity contribution is 0.0821. The van der Waals surface area contributed by atoms with Crippen molar-refractivity contribution in [1.29, 1.82) is 0 Å². The van der Waals surface area contributed by atoms with E-state index in [9.17, 15) is 4.79 Å². The summed E-state index contributed by atoms with van der Waals surface area (Å²) in [4.78, 5) is 25.4. The molecule has 0 saturated heterocycles. The minimum atomic E-state index is -0.235. The Hall–Kier alpha value is -2.76. The second-order valence-corrected chi connectivity index (χ2v) is 4.61. The summed E-state index contributed by atoms with van der Waals surface area (Å²) >= 11 is 0. The number of carbonyl (C=O) groups is 1. The van der Waals surface area contributed by atoms with Crippen LogP contribution < -0.4 is 5.32 Å². The zero-order chi connectivity index (χ0) is 16.5. The fourth-order valence-corrected chi connectivity index (χ4v) is 2.01. The molecular weight excluding hydrogens is 292 g/mol. The lowest BCUT2D eigenvalue weighted by Gasteiger charge is -2.09. The third-order valence-electron chi connectivity index (χ3n) is 3.13. The number of nitrogens with zero attached hydrogens (tertiary/aromatic N) is 3. The fourth-order valence-electron chi connectivity index (χ4n) is 2.01. The maximum absolute atomic E-state index is 12.1. The molecule has 0 fully saturated rings. The molecule has 0 spiro atoms. The van der Waals surface area contributed by atoms with Gasteiger partial charge in [0.15, 0.2) is 6.10 Å². The number of carbonyl (C=O) groups excluding carboxylic acids is 1. The molecule has 1 aliphatic rings. The SMILES string of the molecule is CC.O=C(NCc1ccccc1)c1cc(C2CC=NO2)ncn1.[HH]. The highest BCUT2D eigenvalue weighted by molar-refractivity contribution is 5.92. The summed E-state index contributed by atoms with van der Waals surface area (Å²) in [5.41, 5.74) is 2.02. The molecule has 122 valence electrons. The lowest BCUT2D eigenvalue weighted by atomic mass is 10.1. The van der Waals surface area contributed by atoms with Crippen molar-refractivity contribution < 1.29 is 11.1 Å². The minimum absolute atomic E-state index is 0. The van der Waals surface area contributed by atoms with Gasteiger partial charge in [0.05, 0.1) is 5.69 Å². The van der Waals surface area contributed by atoms with Gasteiger partial charge >= 0.3 is 0 Å². The molecule has 6 nitrogen and oxygen atoms in total. The molecule has 1 aromatic heterocycles. The van der Waals surface area contributed by atoms with Crippen molar-refractivity contribution in [2.24, 2.45) is 5.16 Å². The van der Waals surface area contributed by atoms with Gasteiger partial charge < -0.3 is 10.2 Å². The zero-order valence-corrected chi connectivity index (χ0v) is 13.3. The number of amides is 1. The summed E-state index contributed by atoms with van der Waals surface area (Å²) in [7, 11) is 0. The second kappa shape index (κ2) is 8.63. The first-order valence-corrected chi connectivity index (χ1v) is 7.64. The van der Waals surface area contributed by atoms with Crippen LogP contribution in [0, 0.1) is 0 Å². The molecule has 0 bridgehead atoms. The Bertz CT molecular complexity index is 657. The Morgan fingerprint density at radius 1 is 1.30 bits per heavy atom. The van der Waals surface area contributed by atoms with Crippen molar-refractivity contribution in [2.75, 3.05) is 0 Å². The van der Waals surface area contributed by atoms with E-state index in [1.54, 1.807) is 12.3 Å². The van der Waals surface area contributed by atoms with Gasteiger partial charge in [0.1, 0.15) is 12.0 Å². The van der Waals surface area contributed by atoms with E-state index in [1.165, 1.54) is 6.33 Å². The van der Waals surface area contributed by atoms with Crippen LogP contribution in [0.15, 0.2) is 47.9 Å². The molecule has 1 amide bonds. The molecule has 1 N–H and O–H groups in total. The second-order valence-electron chi connectivity index (χ2n) is 4.61. The molecule has 2 aromatic rings. The van der Waals surface area contributed by atoms with Crippen molar-refractivity contribution in [1.82, 2.24) is 15.3 Å². The number of hydrogen-bond acceptors (Lipinski definition) is 5. The quantitative estimate of drug-likeness (QED) is 0.940. The molecule has 0 aliphatic carbocycles. The maximum atomic E-state index is 12.1. The third-order valence-corrected chi connectivity index (χ3v) is 3.13. The van der Waals surface area contributed by atoms with E-state index >= 15 is 0 Å². The van der Waals surface area contributed by atoms with Gasteiger partial charge in [-0.25, -0.2) is 9.97 Å². The standard InChI is InChI=1S/C15H14N4O2.C2H6.H2/c20-15(16-9-11-4-2-1-3-5-11)13-8-12(17-10-18-13)14-6-7-19-21-14;1-2;/h1-5,7-8,10,14H,6,9H2,(H,16,20);1-2H3;1H. The number of benzene rings is 1. The first-order valence-electron chi connectivity index (χ1n) is 7.64. The number of rotatable bonds is 4. The maximum Gasteiger partial charge on any atom is 0.270 e. The molecule has 2 heterocycles. The number of aromatic nitrogens is 2. The first-order chi connectivity index (χ1) is 11.3. The van der Waals surface area contributed by atoms with Crippen LogP contribution in [0.3, 0.4) is 0 Å². The van der Waals surface area contributed by atoms with Crippen molar-refractivity contribution >= 4 is 12.1 Å². The van der Waals surface area contributed by atoms with E-state index in [1.807, 2.05) is 44.2 Å². The van der Waals surface area contributed by atoms with Gasteiger partial charge in [-0.1, -0.05) is 49.3 Å². The van der Waals surface area contributed by atoms with E-state index < -0.39 is 0 Å². The van der Waals surface area contributed by atoms with Crippen LogP contribution in [0.2, 0.25) is 0 Å². The summed E-state index contributed by atoms with van der Waals surface area (Å²) in [6.45, 7) is 4.46. The van der Waals surface area contributed by atoms with Gasteiger partial charge in [-0.05, 0) is 11.6 Å². The van der Waals surface area contributed by atoms with E-state index in [2.05, 4.69) is 20.4 Å². The van der Waals surface area contributed by atoms with Crippen molar-refractivity contribution in [2.45, 2.75) is 32.9 Å². The molecule has 3 rings (SSSR count). The molecule has 0 radical (unpaired) electrons. The summed E-state index contributed by atoms with van der Waals surface area (Å²) < 4.78 is 0. The summed E-state index contributed by atoms with van der Waals surface area (Å²) in [5.74, 6) is -0.235. The lowest BCUT2D eigenvalue weighted by Crippen LogP contribution is -2.24. The van der Waals surface area contributed by atoms with E-state index in [-0.39, 0.29) is 13.4 Å².